The zero-order valence-electron chi connectivity index (χ0n) is 34.9. The van der Waals surface area contributed by atoms with E-state index in [1.54, 1.807) is 31.4 Å². The number of carbonyl (C=O) groups excluding carboxylic acids is 1. The Morgan fingerprint density at radius 2 is 1.19 bits per heavy atom. The fourth-order valence-electron chi connectivity index (χ4n) is 8.26. The number of benzene rings is 3. The number of methoxy groups -OCH3 is 1. The predicted molar refractivity (Wildman–Crippen MR) is 220 cm³/mol. The highest BCUT2D eigenvalue weighted by molar-refractivity contribution is 6.84. The van der Waals surface area contributed by atoms with Gasteiger partial charge in [0.15, 0.2) is 12.6 Å². The molecule has 0 amide bonds. The highest BCUT2D eigenvalue weighted by Crippen LogP contribution is 2.48. The van der Waals surface area contributed by atoms with Crippen LogP contribution >= 0.6 is 0 Å². The normalized spacial score (nSPS) is 28.4. The van der Waals surface area contributed by atoms with Crippen LogP contribution < -0.4 is 0 Å². The van der Waals surface area contributed by atoms with Crippen LogP contribution in [0, 0.1) is 0 Å². The molecule has 0 bridgehead atoms. The lowest BCUT2D eigenvalue weighted by Crippen LogP contribution is -2.66. The first-order chi connectivity index (χ1) is 27.4. The van der Waals surface area contributed by atoms with Gasteiger partial charge in [-0.2, -0.15) is 0 Å². The maximum absolute atomic E-state index is 13.2. The number of esters is 1. The summed E-state index contributed by atoms with van der Waals surface area (Å²) >= 11 is 0. The van der Waals surface area contributed by atoms with Crippen molar-refractivity contribution in [3.05, 3.63) is 108 Å². The maximum Gasteiger partial charge on any atom is 0.338 e. The van der Waals surface area contributed by atoms with Crippen LogP contribution in [-0.2, 0) is 59.3 Å². The van der Waals surface area contributed by atoms with Gasteiger partial charge in [-0.15, -0.1) is 0 Å². The standard InChI is InChI=1S/C44H62O11Si2/c1-29(2)56(30(3)4)50-28-37-39(54-57(55-56,31(5)6)32(7)8)41(43(46-9)51-37)53-44-40(48-26-34-21-15-11-16-22-34)38(47-25-33-19-13-10-14-20-33)36(52-44)27-49-42(45)35-23-17-12-18-24-35/h10-24,29-32,36-41,43-44H,25-28H2,1-9H3/t36-,37-,38-,39-,40+,41+,43+,44+/m1/s1. The first-order valence-corrected chi connectivity index (χ1v) is 24.4. The summed E-state index contributed by atoms with van der Waals surface area (Å²) in [7, 11) is -4.26. The Kier molecular flexibility index (Phi) is 15.0. The summed E-state index contributed by atoms with van der Waals surface area (Å²) in [6.07, 6.45) is -5.80. The number of rotatable bonds is 16. The van der Waals surface area contributed by atoms with Gasteiger partial charge in [-0.3, -0.25) is 0 Å². The number of fused-ring (bicyclic) bond motifs is 1. The second-order valence-corrected chi connectivity index (χ2v) is 25.3. The topological polar surface area (TPSA) is 109 Å². The lowest BCUT2D eigenvalue weighted by atomic mass is 10.1. The quantitative estimate of drug-likeness (QED) is 0.103. The van der Waals surface area contributed by atoms with E-state index in [4.69, 9.17) is 46.1 Å². The fourth-order valence-corrected chi connectivity index (χ4v) is 19.5. The van der Waals surface area contributed by atoms with Crippen LogP contribution in [0.1, 0.15) is 76.9 Å². The van der Waals surface area contributed by atoms with E-state index in [1.807, 2.05) is 66.7 Å². The van der Waals surface area contributed by atoms with Crippen molar-refractivity contribution < 1.29 is 50.9 Å². The average Bonchev–Trinajstić information content (AvgIpc) is 3.70. The van der Waals surface area contributed by atoms with Crippen LogP contribution in [0.3, 0.4) is 0 Å². The van der Waals surface area contributed by atoms with Gasteiger partial charge in [0.25, 0.3) is 0 Å². The SMILES string of the molecule is CO[C@H]1O[C@@H]2CO[Si](C(C)C)(C(C)C)O[Si](C(C)C)(C(C)C)O[C@H]2[C@@H]1O[C@@H]1O[C@H](COC(=O)c2ccccc2)[C@@H](OCc2ccccc2)[C@@H]1OCc1ccccc1. The summed E-state index contributed by atoms with van der Waals surface area (Å²) in [5.74, 6) is -0.465. The zero-order valence-corrected chi connectivity index (χ0v) is 36.9. The highest BCUT2D eigenvalue weighted by Gasteiger charge is 2.63. The molecule has 13 heteroatoms. The maximum atomic E-state index is 13.2. The zero-order chi connectivity index (χ0) is 40.7. The molecular weight excluding hydrogens is 761 g/mol. The van der Waals surface area contributed by atoms with Crippen molar-refractivity contribution in [1.29, 1.82) is 0 Å². The van der Waals surface area contributed by atoms with Crippen molar-refractivity contribution >= 4 is 23.1 Å². The smallest absolute Gasteiger partial charge is 0.338 e. The summed E-state index contributed by atoms with van der Waals surface area (Å²) in [6.45, 7) is 18.3. The van der Waals surface area contributed by atoms with Crippen molar-refractivity contribution in [2.75, 3.05) is 20.3 Å². The van der Waals surface area contributed by atoms with Crippen LogP contribution in [0.15, 0.2) is 91.0 Å². The Morgan fingerprint density at radius 3 is 1.72 bits per heavy atom. The van der Waals surface area contributed by atoms with Crippen molar-refractivity contribution in [1.82, 2.24) is 0 Å². The number of ether oxygens (including phenoxy) is 7. The van der Waals surface area contributed by atoms with Crippen LogP contribution in [-0.4, -0.2) is 92.6 Å². The summed E-state index contributed by atoms with van der Waals surface area (Å²) < 4.78 is 67.5. The summed E-state index contributed by atoms with van der Waals surface area (Å²) in [4.78, 5) is 13.2. The largest absolute Gasteiger partial charge is 0.459 e. The molecule has 3 heterocycles. The second kappa shape index (κ2) is 19.5. The molecule has 0 N–H and O–H groups in total. The molecule has 3 saturated heterocycles. The van der Waals surface area contributed by atoms with Gasteiger partial charge in [-0.05, 0) is 45.4 Å². The Hall–Kier alpha value is -2.80. The van der Waals surface area contributed by atoms with Gasteiger partial charge in [-0.25, -0.2) is 4.79 Å². The predicted octanol–water partition coefficient (Wildman–Crippen LogP) is 8.45. The molecule has 3 fully saturated rings. The van der Waals surface area contributed by atoms with Gasteiger partial charge in [0.2, 0.25) is 0 Å². The minimum Gasteiger partial charge on any atom is -0.459 e. The summed E-state index contributed by atoms with van der Waals surface area (Å²) in [5.41, 5.74) is 2.94. The monoisotopic (exact) mass is 822 g/mol. The van der Waals surface area contributed by atoms with Crippen molar-refractivity contribution in [3.63, 3.8) is 0 Å². The average molecular weight is 823 g/mol. The van der Waals surface area contributed by atoms with E-state index in [-0.39, 0.29) is 48.6 Å². The van der Waals surface area contributed by atoms with Gasteiger partial charge in [0, 0.05) is 7.11 Å². The minimum absolute atomic E-state index is 0.0921. The Bertz CT molecular complexity index is 1660. The summed E-state index contributed by atoms with van der Waals surface area (Å²) in [6, 6.07) is 28.7. The van der Waals surface area contributed by atoms with Gasteiger partial charge in [-0.1, -0.05) is 134 Å². The molecule has 3 aliphatic rings. The molecule has 8 atom stereocenters. The fraction of sp³-hybridized carbons (Fsp3) is 0.568. The van der Waals surface area contributed by atoms with E-state index in [0.717, 1.165) is 11.1 Å². The molecule has 3 aliphatic heterocycles. The Labute approximate surface area is 341 Å². The van der Waals surface area contributed by atoms with E-state index >= 15 is 0 Å². The molecule has 312 valence electrons. The lowest BCUT2D eigenvalue weighted by Gasteiger charge is -2.51. The molecule has 0 unspecified atom stereocenters. The van der Waals surface area contributed by atoms with Crippen molar-refractivity contribution in [2.45, 2.75) is 140 Å². The number of hydrogen-bond donors (Lipinski definition) is 0. The van der Waals surface area contributed by atoms with E-state index in [0.29, 0.717) is 5.56 Å². The molecule has 57 heavy (non-hydrogen) atoms. The van der Waals surface area contributed by atoms with Gasteiger partial charge < -0.3 is 46.1 Å². The van der Waals surface area contributed by atoms with Crippen LogP contribution in [0.4, 0.5) is 0 Å². The van der Waals surface area contributed by atoms with E-state index in [2.05, 4.69) is 55.4 Å². The van der Waals surface area contributed by atoms with E-state index in [9.17, 15) is 4.79 Å². The number of hydrogen-bond acceptors (Lipinski definition) is 11. The molecule has 0 aromatic heterocycles. The van der Waals surface area contributed by atoms with E-state index < -0.39 is 72.3 Å². The number of carbonyl (C=O) groups is 1. The summed E-state index contributed by atoms with van der Waals surface area (Å²) in [5, 5.41) is 0. The first kappa shape index (κ1) is 43.8. The highest BCUT2D eigenvalue weighted by atomic mass is 28.5. The van der Waals surface area contributed by atoms with Gasteiger partial charge in [0.1, 0.15) is 43.2 Å². The molecule has 3 aromatic rings. The van der Waals surface area contributed by atoms with E-state index in [1.165, 1.54) is 0 Å². The minimum atomic E-state index is -3.05. The molecule has 3 aromatic carbocycles. The third-order valence-corrected chi connectivity index (χ3v) is 21.6. The molecular formula is C44H62O11Si2. The van der Waals surface area contributed by atoms with Crippen LogP contribution in [0.2, 0.25) is 22.2 Å². The second-order valence-electron chi connectivity index (χ2n) is 16.5. The molecule has 6 rings (SSSR count). The van der Waals surface area contributed by atoms with Crippen molar-refractivity contribution in [2.24, 2.45) is 0 Å². The molecule has 0 spiro atoms. The molecule has 0 aliphatic carbocycles. The first-order valence-electron chi connectivity index (χ1n) is 20.4. The Morgan fingerprint density at radius 1 is 0.667 bits per heavy atom. The lowest BCUT2D eigenvalue weighted by molar-refractivity contribution is -0.247. The van der Waals surface area contributed by atoms with Crippen LogP contribution in [0.5, 0.6) is 0 Å². The molecule has 0 radical (unpaired) electrons. The molecule has 11 nitrogen and oxygen atoms in total. The van der Waals surface area contributed by atoms with Crippen molar-refractivity contribution in [3.8, 4) is 0 Å². The molecule has 0 saturated carbocycles. The third kappa shape index (κ3) is 9.82. The van der Waals surface area contributed by atoms with Gasteiger partial charge in [0.05, 0.1) is 25.4 Å². The Balaban J connectivity index is 1.33. The van der Waals surface area contributed by atoms with Gasteiger partial charge >= 0.3 is 23.1 Å². The third-order valence-electron chi connectivity index (χ3n) is 11.3. The van der Waals surface area contributed by atoms with Crippen LogP contribution in [0.25, 0.3) is 0 Å².